The summed E-state index contributed by atoms with van der Waals surface area (Å²) in [5, 5.41) is 5.86. The zero-order valence-corrected chi connectivity index (χ0v) is 13.2. The topological polar surface area (TPSA) is 63.5 Å². The first kappa shape index (κ1) is 14.9. The fourth-order valence-electron chi connectivity index (χ4n) is 2.76. The van der Waals surface area contributed by atoms with E-state index >= 15 is 0 Å². The van der Waals surface area contributed by atoms with Crippen LogP contribution in [0.4, 0.5) is 15.8 Å². The molecule has 1 aromatic heterocycles. The highest BCUT2D eigenvalue weighted by atomic mass is 79.9. The summed E-state index contributed by atoms with van der Waals surface area (Å²) >= 11 is 3.20. The van der Waals surface area contributed by atoms with Gasteiger partial charge >= 0.3 is 0 Å². The van der Waals surface area contributed by atoms with Crippen molar-refractivity contribution in [2.75, 3.05) is 5.32 Å². The summed E-state index contributed by atoms with van der Waals surface area (Å²) in [4.78, 5) is 22.9. The van der Waals surface area contributed by atoms with Crippen LogP contribution in [-0.2, 0) is 19.5 Å². The van der Waals surface area contributed by atoms with Crippen LogP contribution in [0.1, 0.15) is 17.7 Å². The second-order valence-electron chi connectivity index (χ2n) is 5.11. The van der Waals surface area contributed by atoms with Gasteiger partial charge in [-0.2, -0.15) is 4.91 Å². The molecule has 0 saturated carbocycles. The monoisotopic (exact) mass is 365 g/mol. The highest BCUT2D eigenvalue weighted by Gasteiger charge is 2.20. The lowest BCUT2D eigenvalue weighted by Gasteiger charge is -2.15. The second kappa shape index (κ2) is 6.00. The molecule has 22 heavy (non-hydrogen) atoms. The number of halogens is 2. The molecule has 0 aliphatic carbocycles. The van der Waals surface area contributed by atoms with E-state index in [4.69, 9.17) is 0 Å². The molecule has 0 unspecified atom stereocenters. The molecule has 0 bridgehead atoms. The van der Waals surface area contributed by atoms with Gasteiger partial charge in [-0.1, -0.05) is 21.1 Å². The van der Waals surface area contributed by atoms with Gasteiger partial charge in [0.15, 0.2) is 0 Å². The van der Waals surface area contributed by atoms with Crippen LogP contribution < -0.4 is 10.9 Å². The van der Waals surface area contributed by atoms with Gasteiger partial charge in [0.25, 0.3) is 5.56 Å². The minimum absolute atomic E-state index is 0.0455. The van der Waals surface area contributed by atoms with Crippen molar-refractivity contribution in [1.82, 2.24) is 4.57 Å². The molecule has 0 fully saturated rings. The largest absolute Gasteiger partial charge is 0.353 e. The van der Waals surface area contributed by atoms with Gasteiger partial charge in [0.2, 0.25) is 0 Å². The van der Waals surface area contributed by atoms with E-state index in [0.717, 1.165) is 18.5 Å². The van der Waals surface area contributed by atoms with E-state index < -0.39 is 5.82 Å². The van der Waals surface area contributed by atoms with E-state index in [1.807, 2.05) is 0 Å². The predicted molar refractivity (Wildman–Crippen MR) is 85.9 cm³/mol. The van der Waals surface area contributed by atoms with Gasteiger partial charge in [0, 0.05) is 28.3 Å². The van der Waals surface area contributed by atoms with Crippen molar-refractivity contribution in [1.29, 1.82) is 0 Å². The molecule has 5 nitrogen and oxygen atoms in total. The van der Waals surface area contributed by atoms with Crippen LogP contribution in [-0.4, -0.2) is 4.57 Å². The average Bonchev–Trinajstić information content (AvgIpc) is 2.96. The standard InChI is InChI=1S/C15H13BrFN3O2/c16-9-3-4-12(11(17)6-9)19-13-7-15(21)20-5-1-2-14(20)10(13)8-18-22/h3-4,6-7,19H,1-2,5,8H2. The van der Waals surface area contributed by atoms with Crippen LogP contribution in [0.15, 0.2) is 38.7 Å². The summed E-state index contributed by atoms with van der Waals surface area (Å²) in [7, 11) is 0. The number of aromatic nitrogens is 1. The van der Waals surface area contributed by atoms with Crippen LogP contribution in [0, 0.1) is 10.7 Å². The first-order chi connectivity index (χ1) is 10.6. The van der Waals surface area contributed by atoms with Crippen LogP contribution in [0.3, 0.4) is 0 Å². The fourth-order valence-corrected chi connectivity index (χ4v) is 3.10. The van der Waals surface area contributed by atoms with Crippen molar-refractivity contribution in [2.24, 2.45) is 5.18 Å². The van der Waals surface area contributed by atoms with Crippen molar-refractivity contribution in [3.05, 3.63) is 61.1 Å². The number of hydrogen-bond donors (Lipinski definition) is 1. The SMILES string of the molecule is O=NCc1c(Nc2ccc(Br)cc2F)cc(=O)n2c1CCC2. The molecule has 0 radical (unpaired) electrons. The molecule has 0 saturated heterocycles. The van der Waals surface area contributed by atoms with Crippen LogP contribution >= 0.6 is 15.9 Å². The third kappa shape index (κ3) is 2.68. The quantitative estimate of drug-likeness (QED) is 0.840. The van der Waals surface area contributed by atoms with E-state index in [1.54, 1.807) is 16.7 Å². The lowest BCUT2D eigenvalue weighted by molar-refractivity contribution is 0.631. The zero-order valence-electron chi connectivity index (χ0n) is 11.6. The van der Waals surface area contributed by atoms with E-state index in [0.29, 0.717) is 22.3 Å². The molecule has 2 aromatic rings. The van der Waals surface area contributed by atoms with Gasteiger partial charge in [-0.05, 0) is 31.0 Å². The number of fused-ring (bicyclic) bond motifs is 1. The number of nitroso groups, excluding NO2 is 1. The Hall–Kier alpha value is -2.02. The molecule has 1 aromatic carbocycles. The average molecular weight is 366 g/mol. The van der Waals surface area contributed by atoms with Crippen molar-refractivity contribution in [2.45, 2.75) is 25.9 Å². The number of rotatable bonds is 4. The van der Waals surface area contributed by atoms with Gasteiger partial charge in [-0.15, -0.1) is 0 Å². The Kier molecular flexibility index (Phi) is 4.06. The lowest BCUT2D eigenvalue weighted by Crippen LogP contribution is -2.21. The molecule has 1 aliphatic heterocycles. The minimum Gasteiger partial charge on any atom is -0.353 e. The summed E-state index contributed by atoms with van der Waals surface area (Å²) in [6, 6.07) is 6.00. The number of pyridine rings is 1. The Balaban J connectivity index is 2.08. The highest BCUT2D eigenvalue weighted by molar-refractivity contribution is 9.10. The fraction of sp³-hybridized carbons (Fsp3) is 0.267. The maximum atomic E-state index is 14.0. The first-order valence-electron chi connectivity index (χ1n) is 6.87. The van der Waals surface area contributed by atoms with E-state index in [-0.39, 0.29) is 17.8 Å². The van der Waals surface area contributed by atoms with Gasteiger partial charge in [-0.3, -0.25) is 4.79 Å². The molecule has 1 aliphatic rings. The molecule has 0 spiro atoms. The van der Waals surface area contributed by atoms with Crippen molar-refractivity contribution in [3.63, 3.8) is 0 Å². The van der Waals surface area contributed by atoms with Gasteiger partial charge in [-0.25, -0.2) is 4.39 Å². The molecule has 0 atom stereocenters. The normalized spacial score (nSPS) is 13.0. The van der Waals surface area contributed by atoms with Crippen molar-refractivity contribution >= 4 is 27.3 Å². The Morgan fingerprint density at radius 1 is 1.32 bits per heavy atom. The molecular formula is C15H13BrFN3O2. The van der Waals surface area contributed by atoms with Crippen molar-refractivity contribution < 1.29 is 4.39 Å². The first-order valence-corrected chi connectivity index (χ1v) is 7.66. The lowest BCUT2D eigenvalue weighted by atomic mass is 10.1. The number of nitrogens with zero attached hydrogens (tertiary/aromatic N) is 2. The second-order valence-corrected chi connectivity index (χ2v) is 6.03. The Labute approximate surface area is 134 Å². The van der Waals surface area contributed by atoms with Crippen molar-refractivity contribution in [3.8, 4) is 0 Å². The number of anilines is 2. The maximum absolute atomic E-state index is 14.0. The number of hydrogen-bond acceptors (Lipinski definition) is 4. The van der Waals surface area contributed by atoms with Crippen LogP contribution in [0.5, 0.6) is 0 Å². The molecule has 1 N–H and O–H groups in total. The van der Waals surface area contributed by atoms with Crippen LogP contribution in [0.25, 0.3) is 0 Å². The van der Waals surface area contributed by atoms with E-state index in [9.17, 15) is 14.1 Å². The third-order valence-corrected chi connectivity index (χ3v) is 4.24. The minimum atomic E-state index is -0.444. The summed E-state index contributed by atoms with van der Waals surface area (Å²) < 4.78 is 16.2. The van der Waals surface area contributed by atoms with Gasteiger partial charge in [0.05, 0.1) is 11.4 Å². The molecule has 7 heteroatoms. The molecule has 2 heterocycles. The predicted octanol–water partition coefficient (Wildman–Crippen LogP) is 3.71. The van der Waals surface area contributed by atoms with Crippen LogP contribution in [0.2, 0.25) is 0 Å². The van der Waals surface area contributed by atoms with Gasteiger partial charge in [0.1, 0.15) is 12.4 Å². The molecule has 3 rings (SSSR count). The van der Waals surface area contributed by atoms with E-state index in [2.05, 4.69) is 26.4 Å². The van der Waals surface area contributed by atoms with E-state index in [1.165, 1.54) is 12.1 Å². The summed E-state index contributed by atoms with van der Waals surface area (Å²) in [5.41, 5.74) is 2.01. The Morgan fingerprint density at radius 3 is 2.86 bits per heavy atom. The molecule has 0 amide bonds. The summed E-state index contributed by atoms with van der Waals surface area (Å²) in [6.07, 6.45) is 1.58. The Morgan fingerprint density at radius 2 is 2.14 bits per heavy atom. The summed E-state index contributed by atoms with van der Waals surface area (Å²) in [6.45, 7) is 0.600. The maximum Gasteiger partial charge on any atom is 0.252 e. The third-order valence-electron chi connectivity index (χ3n) is 3.75. The zero-order chi connectivity index (χ0) is 15.7. The highest BCUT2D eigenvalue weighted by Crippen LogP contribution is 2.29. The Bertz CT molecular complexity index is 804. The number of nitrogens with one attached hydrogen (secondary N) is 1. The molecule has 114 valence electrons. The van der Waals surface area contributed by atoms with Gasteiger partial charge < -0.3 is 9.88 Å². The number of benzene rings is 1. The molecular weight excluding hydrogens is 353 g/mol. The summed E-state index contributed by atoms with van der Waals surface area (Å²) in [5.74, 6) is -0.444. The smallest absolute Gasteiger partial charge is 0.252 e.